The highest BCUT2D eigenvalue weighted by Crippen LogP contribution is 2.13. The van der Waals surface area contributed by atoms with E-state index in [1.54, 1.807) is 12.1 Å². The van der Waals surface area contributed by atoms with Crippen LogP contribution in [-0.4, -0.2) is 11.0 Å². The molecule has 1 aromatic carbocycles. The molecule has 1 aromatic rings. The minimum absolute atomic E-state index is 0. The second-order valence-electron chi connectivity index (χ2n) is 2.33. The van der Waals surface area contributed by atoms with Crippen molar-refractivity contribution in [3.63, 3.8) is 0 Å². The Morgan fingerprint density at radius 2 is 1.44 bits per heavy atom. The van der Waals surface area contributed by atoms with Crippen LogP contribution in [0.4, 0.5) is 0 Å². The molecule has 1 amide bonds. The Balaban J connectivity index is -0.000000109. The summed E-state index contributed by atoms with van der Waals surface area (Å²) >= 11 is 0. The van der Waals surface area contributed by atoms with Gasteiger partial charge in [-0.2, -0.15) is 7.82 Å². The van der Waals surface area contributed by atoms with Gasteiger partial charge in [0.05, 0.1) is 5.56 Å². The zero-order valence-corrected chi connectivity index (χ0v) is 11.2. The second-order valence-corrected chi connectivity index (χ2v) is 3.22. The summed E-state index contributed by atoms with van der Waals surface area (Å²) in [4.78, 5) is 36.1. The van der Waals surface area contributed by atoms with Crippen molar-refractivity contribution < 1.29 is 29.1 Å². The van der Waals surface area contributed by atoms with E-state index in [4.69, 9.17) is 30.1 Å². The molecule has 11 heteroatoms. The SMILES string of the molecule is NC(=O)c1ccccc1O.O=P([O-])([O-])[O-].[NH4+].[NH4+].[NH4+]. The quantitative estimate of drug-likeness (QED) is 0.395. The molecule has 10 nitrogen and oxygen atoms in total. The number of carbonyl (C=O) groups is 1. The number of amides is 1. The third kappa shape index (κ3) is 14.5. The van der Waals surface area contributed by atoms with Gasteiger partial charge in [0.2, 0.25) is 0 Å². The van der Waals surface area contributed by atoms with Crippen LogP contribution in [-0.2, 0) is 4.57 Å². The number of benzene rings is 1. The van der Waals surface area contributed by atoms with Crippen molar-refractivity contribution in [3.8, 4) is 5.75 Å². The van der Waals surface area contributed by atoms with Gasteiger partial charge in [-0.25, -0.2) is 0 Å². The van der Waals surface area contributed by atoms with Crippen LogP contribution in [0.5, 0.6) is 5.75 Å². The van der Waals surface area contributed by atoms with Crippen LogP contribution >= 0.6 is 7.82 Å². The maximum atomic E-state index is 10.5. The van der Waals surface area contributed by atoms with Gasteiger partial charge in [-0.05, 0) is 12.1 Å². The lowest BCUT2D eigenvalue weighted by atomic mass is 10.2. The minimum atomic E-state index is -5.39. The first-order valence-electron chi connectivity index (χ1n) is 3.52. The lowest BCUT2D eigenvalue weighted by molar-refractivity contribution is -0.432. The van der Waals surface area contributed by atoms with Gasteiger partial charge >= 0.3 is 0 Å². The topological polar surface area (TPSA) is 259 Å². The number of phenols is 1. The normalized spacial score (nSPS) is 8.39. The molecule has 18 heavy (non-hydrogen) atoms. The van der Waals surface area contributed by atoms with E-state index in [1.165, 1.54) is 12.1 Å². The molecule has 0 fully saturated rings. The van der Waals surface area contributed by atoms with Crippen molar-refractivity contribution in [2.75, 3.05) is 0 Å². The number of phosphoric acid groups is 1. The van der Waals surface area contributed by atoms with Crippen LogP contribution < -0.4 is 38.9 Å². The Hall–Kier alpha value is -1.52. The fraction of sp³-hybridized carbons (Fsp3) is 0. The molecular formula is C7H19N4O6P. The monoisotopic (exact) mass is 286 g/mol. The van der Waals surface area contributed by atoms with E-state index in [0.717, 1.165) is 0 Å². The summed E-state index contributed by atoms with van der Waals surface area (Å²) in [7, 11) is -5.39. The molecule has 0 aliphatic heterocycles. The highest BCUT2D eigenvalue weighted by Gasteiger charge is 2.03. The molecule has 15 N–H and O–H groups in total. The van der Waals surface area contributed by atoms with E-state index < -0.39 is 13.7 Å². The lowest BCUT2D eigenvalue weighted by Crippen LogP contribution is -2.24. The number of nitrogens with two attached hydrogens (primary N) is 1. The molecule has 0 radical (unpaired) electrons. The summed E-state index contributed by atoms with van der Waals surface area (Å²) in [6.45, 7) is 0. The zero-order chi connectivity index (χ0) is 12.1. The van der Waals surface area contributed by atoms with E-state index in [1.807, 2.05) is 0 Å². The van der Waals surface area contributed by atoms with Crippen LogP contribution in [0.3, 0.4) is 0 Å². The Labute approximate surface area is 103 Å². The fourth-order valence-electron chi connectivity index (χ4n) is 0.682. The van der Waals surface area contributed by atoms with E-state index >= 15 is 0 Å². The fourth-order valence-corrected chi connectivity index (χ4v) is 0.682. The minimum Gasteiger partial charge on any atom is -0.822 e. The first-order chi connectivity index (χ1) is 6.72. The molecule has 0 atom stereocenters. The van der Waals surface area contributed by atoms with Crippen LogP contribution in [0.25, 0.3) is 0 Å². The molecule has 108 valence electrons. The van der Waals surface area contributed by atoms with Crippen LogP contribution in [0.15, 0.2) is 24.3 Å². The predicted molar refractivity (Wildman–Crippen MR) is 62.2 cm³/mol. The van der Waals surface area contributed by atoms with Gasteiger partial charge in [0.15, 0.2) is 0 Å². The Bertz CT molecular complexity index is 387. The molecule has 0 aliphatic carbocycles. The number of hydrogen-bond acceptors (Lipinski definition) is 6. The Morgan fingerprint density at radius 1 is 1.11 bits per heavy atom. The molecule has 0 saturated carbocycles. The van der Waals surface area contributed by atoms with Gasteiger partial charge in [0.25, 0.3) is 5.91 Å². The summed E-state index contributed by atoms with van der Waals surface area (Å²) in [5.74, 6) is -0.687. The average Bonchev–Trinajstić information content (AvgIpc) is 2.01. The summed E-state index contributed by atoms with van der Waals surface area (Å²) in [5, 5.41) is 8.98. The summed E-state index contributed by atoms with van der Waals surface area (Å²) in [6.07, 6.45) is 0. The van der Waals surface area contributed by atoms with Crippen molar-refractivity contribution >= 4 is 13.7 Å². The number of aromatic hydroxyl groups is 1. The highest BCUT2D eigenvalue weighted by atomic mass is 31.2. The van der Waals surface area contributed by atoms with Crippen LogP contribution in [0.1, 0.15) is 10.4 Å². The number of quaternary nitrogens is 3. The number of rotatable bonds is 1. The molecule has 0 aromatic heterocycles. The average molecular weight is 286 g/mol. The maximum Gasteiger partial charge on any atom is 0.252 e. The number of hydrogen-bond donors (Lipinski definition) is 5. The van der Waals surface area contributed by atoms with Gasteiger partial charge in [0.1, 0.15) is 5.75 Å². The number of primary amides is 1. The molecule has 0 saturated heterocycles. The van der Waals surface area contributed by atoms with Crippen molar-refractivity contribution in [3.05, 3.63) is 29.8 Å². The molecule has 1 rings (SSSR count). The van der Waals surface area contributed by atoms with Gasteiger partial charge in [0, 0.05) is 0 Å². The summed E-state index contributed by atoms with van der Waals surface area (Å²) < 4.78 is 8.55. The zero-order valence-electron chi connectivity index (χ0n) is 10.3. The smallest absolute Gasteiger partial charge is 0.252 e. The first-order valence-corrected chi connectivity index (χ1v) is 4.98. The number of para-hydroxylation sites is 1. The Morgan fingerprint density at radius 3 is 1.67 bits per heavy atom. The van der Waals surface area contributed by atoms with E-state index in [0.29, 0.717) is 0 Å². The third-order valence-electron chi connectivity index (χ3n) is 1.17. The second kappa shape index (κ2) is 10.6. The maximum absolute atomic E-state index is 10.5. The van der Waals surface area contributed by atoms with Crippen molar-refractivity contribution in [2.24, 2.45) is 5.73 Å². The van der Waals surface area contributed by atoms with E-state index in [9.17, 15) is 4.79 Å². The lowest BCUT2D eigenvalue weighted by Gasteiger charge is -2.36. The standard InChI is InChI=1S/C7H7NO2.3H3N.H3O4P/c8-7(10)5-3-1-2-4-6(5)9;;;;1-5(2,3)4/h1-4,9H,(H2,8,10);3*1H3;(H3,1,2,3,4). The summed E-state index contributed by atoms with van der Waals surface area (Å²) in [6, 6.07) is 6.15. The van der Waals surface area contributed by atoms with Gasteiger partial charge in [-0.3, -0.25) is 4.79 Å². The van der Waals surface area contributed by atoms with Crippen molar-refractivity contribution in [1.29, 1.82) is 0 Å². The molecule has 0 spiro atoms. The van der Waals surface area contributed by atoms with Gasteiger partial charge < -0.3 is 48.5 Å². The molecule has 0 aliphatic rings. The molecular weight excluding hydrogens is 267 g/mol. The predicted octanol–water partition coefficient (Wildman–Crippen LogP) is -1.20. The van der Waals surface area contributed by atoms with Gasteiger partial charge in [-0.15, -0.1) is 0 Å². The van der Waals surface area contributed by atoms with Crippen LogP contribution in [0.2, 0.25) is 0 Å². The first kappa shape index (κ1) is 25.4. The molecule has 0 heterocycles. The Kier molecular flexibility index (Phi) is 15.0. The van der Waals surface area contributed by atoms with Crippen molar-refractivity contribution in [2.45, 2.75) is 0 Å². The highest BCUT2D eigenvalue weighted by molar-refractivity contribution is 7.40. The third-order valence-corrected chi connectivity index (χ3v) is 1.17. The van der Waals surface area contributed by atoms with Crippen molar-refractivity contribution in [1.82, 2.24) is 18.5 Å². The van der Waals surface area contributed by atoms with E-state index in [2.05, 4.69) is 0 Å². The van der Waals surface area contributed by atoms with Gasteiger partial charge in [-0.1, -0.05) is 12.1 Å². The van der Waals surface area contributed by atoms with E-state index in [-0.39, 0.29) is 29.8 Å². The largest absolute Gasteiger partial charge is 0.822 e. The van der Waals surface area contributed by atoms with Crippen LogP contribution in [0, 0.1) is 0 Å². The summed E-state index contributed by atoms with van der Waals surface area (Å²) in [5.41, 5.74) is 5.07. The molecule has 0 unspecified atom stereocenters. The number of carbonyl (C=O) groups excluding carboxylic acids is 1. The molecule has 0 bridgehead atoms.